The van der Waals surface area contributed by atoms with Crippen molar-refractivity contribution < 1.29 is 31.8 Å². The first kappa shape index (κ1) is 18.5. The highest BCUT2D eigenvalue weighted by atomic mass is 35.5. The molecule has 1 unspecified atom stereocenters. The first-order valence-electron chi connectivity index (χ1n) is 6.62. The van der Waals surface area contributed by atoms with Crippen LogP contribution in [0.4, 0.5) is 22.0 Å². The van der Waals surface area contributed by atoms with E-state index in [9.17, 15) is 27.1 Å². The highest BCUT2D eigenvalue weighted by Gasteiger charge is 2.71. The number of alkyl halides is 5. The fraction of sp³-hybridized carbons (Fsp3) is 0.250. The molecule has 8 heteroatoms. The molecule has 24 heavy (non-hydrogen) atoms. The molecule has 2 aromatic carbocycles. The number of aliphatic hydroxyl groups is 1. The number of hydrogen-bond donors (Lipinski definition) is 1. The van der Waals surface area contributed by atoms with Crippen LogP contribution in [0.2, 0.25) is 5.02 Å². The molecule has 0 amide bonds. The topological polar surface area (TPSA) is 29.5 Å². The lowest BCUT2D eigenvalue weighted by Gasteiger charge is -2.38. The van der Waals surface area contributed by atoms with Crippen LogP contribution in [-0.4, -0.2) is 24.3 Å². The van der Waals surface area contributed by atoms with E-state index >= 15 is 0 Å². The van der Waals surface area contributed by atoms with Gasteiger partial charge in [-0.3, -0.25) is 0 Å². The zero-order valence-electron chi connectivity index (χ0n) is 12.2. The Morgan fingerprint density at radius 1 is 0.917 bits per heavy atom. The van der Waals surface area contributed by atoms with Crippen molar-refractivity contribution in [1.29, 1.82) is 0 Å². The number of halogens is 6. The quantitative estimate of drug-likeness (QED) is 0.789. The predicted octanol–water partition coefficient (Wildman–Crippen LogP) is 4.78. The number of ether oxygens (including phenoxy) is 1. The van der Waals surface area contributed by atoms with Gasteiger partial charge >= 0.3 is 12.1 Å². The molecule has 0 saturated carbocycles. The number of methoxy groups -OCH3 is 1. The summed E-state index contributed by atoms with van der Waals surface area (Å²) in [6, 6.07) is 8.81. The fourth-order valence-electron chi connectivity index (χ4n) is 2.30. The van der Waals surface area contributed by atoms with Crippen LogP contribution in [-0.2, 0) is 5.60 Å². The number of rotatable bonds is 4. The van der Waals surface area contributed by atoms with Gasteiger partial charge in [0.25, 0.3) is 0 Å². The summed E-state index contributed by atoms with van der Waals surface area (Å²) < 4.78 is 72.3. The van der Waals surface area contributed by atoms with Crippen LogP contribution in [0.15, 0.2) is 48.5 Å². The van der Waals surface area contributed by atoms with Crippen molar-refractivity contribution in [3.8, 4) is 5.75 Å². The molecule has 2 aromatic rings. The van der Waals surface area contributed by atoms with Gasteiger partial charge in [-0.1, -0.05) is 41.9 Å². The van der Waals surface area contributed by atoms with E-state index in [2.05, 4.69) is 0 Å². The molecule has 0 fully saturated rings. The maximum Gasteiger partial charge on any atom is 0.457 e. The van der Waals surface area contributed by atoms with Gasteiger partial charge in [-0.15, -0.1) is 0 Å². The molecular weight excluding hydrogens is 355 g/mol. The first-order chi connectivity index (χ1) is 11.1. The Balaban J connectivity index is 2.77. The zero-order chi connectivity index (χ0) is 18.2. The van der Waals surface area contributed by atoms with E-state index in [-0.39, 0.29) is 5.75 Å². The van der Waals surface area contributed by atoms with Gasteiger partial charge < -0.3 is 9.84 Å². The van der Waals surface area contributed by atoms with Crippen molar-refractivity contribution in [2.24, 2.45) is 0 Å². The Morgan fingerprint density at radius 2 is 1.46 bits per heavy atom. The van der Waals surface area contributed by atoms with Gasteiger partial charge in [-0.2, -0.15) is 22.0 Å². The lowest BCUT2D eigenvalue weighted by Crippen LogP contribution is -2.55. The maximum absolute atomic E-state index is 14.2. The summed E-state index contributed by atoms with van der Waals surface area (Å²) in [6.07, 6.45) is -6.00. The lowest BCUT2D eigenvalue weighted by atomic mass is 9.80. The predicted molar refractivity (Wildman–Crippen MR) is 78.4 cm³/mol. The summed E-state index contributed by atoms with van der Waals surface area (Å²) in [5.41, 5.74) is -5.12. The van der Waals surface area contributed by atoms with Crippen molar-refractivity contribution >= 4 is 11.6 Å². The second-order valence-electron chi connectivity index (χ2n) is 4.99. The largest absolute Gasteiger partial charge is 0.497 e. The van der Waals surface area contributed by atoms with Gasteiger partial charge in [0.05, 0.1) is 7.11 Å². The third kappa shape index (κ3) is 2.82. The molecule has 2 rings (SSSR count). The molecule has 0 bridgehead atoms. The summed E-state index contributed by atoms with van der Waals surface area (Å²) in [4.78, 5) is 0. The molecular formula is C16H12ClF5O2. The van der Waals surface area contributed by atoms with Crippen molar-refractivity contribution in [2.75, 3.05) is 7.11 Å². The molecule has 2 nitrogen and oxygen atoms in total. The van der Waals surface area contributed by atoms with E-state index in [0.717, 1.165) is 24.3 Å². The molecule has 0 heterocycles. The van der Waals surface area contributed by atoms with Crippen molar-refractivity contribution in [2.45, 2.75) is 17.7 Å². The van der Waals surface area contributed by atoms with Crippen LogP contribution >= 0.6 is 11.6 Å². The molecule has 0 spiro atoms. The van der Waals surface area contributed by atoms with E-state index in [0.29, 0.717) is 0 Å². The van der Waals surface area contributed by atoms with Gasteiger partial charge in [0, 0.05) is 10.6 Å². The van der Waals surface area contributed by atoms with E-state index in [1.807, 2.05) is 0 Å². The van der Waals surface area contributed by atoms with Crippen molar-refractivity contribution in [1.82, 2.24) is 0 Å². The van der Waals surface area contributed by atoms with Crippen molar-refractivity contribution in [3.05, 3.63) is 64.7 Å². The molecule has 0 radical (unpaired) electrons. The summed E-state index contributed by atoms with van der Waals surface area (Å²) in [6.45, 7) is 0. The summed E-state index contributed by atoms with van der Waals surface area (Å²) in [7, 11) is 1.31. The minimum absolute atomic E-state index is 0.232. The van der Waals surface area contributed by atoms with E-state index in [1.165, 1.54) is 31.4 Å². The summed E-state index contributed by atoms with van der Waals surface area (Å²) in [5.74, 6) is -5.25. The van der Waals surface area contributed by atoms with E-state index < -0.39 is 33.8 Å². The highest BCUT2D eigenvalue weighted by Crippen LogP contribution is 2.53. The standard InChI is InChI=1S/C16H12ClF5O2/c1-24-11-8-6-10(7-9-11)14(23,15(18,19)16(20,21)22)12-4-2-3-5-13(12)17/h2-9,23H,1H3. The molecule has 0 aromatic heterocycles. The SMILES string of the molecule is COc1ccc(C(O)(c2ccccc2Cl)C(F)(F)C(F)(F)F)cc1. The van der Waals surface area contributed by atoms with Gasteiger partial charge in [0.15, 0.2) is 5.60 Å². The molecule has 0 aliphatic rings. The van der Waals surface area contributed by atoms with E-state index in [4.69, 9.17) is 16.3 Å². The smallest absolute Gasteiger partial charge is 0.457 e. The third-order valence-corrected chi connectivity index (χ3v) is 3.91. The average Bonchev–Trinajstić information content (AvgIpc) is 2.53. The third-order valence-electron chi connectivity index (χ3n) is 3.58. The Kier molecular flexibility index (Phi) is 4.79. The molecule has 1 N–H and O–H groups in total. The first-order valence-corrected chi connectivity index (χ1v) is 7.00. The fourth-order valence-corrected chi connectivity index (χ4v) is 2.57. The van der Waals surface area contributed by atoms with Crippen LogP contribution in [0, 0.1) is 0 Å². The average molecular weight is 367 g/mol. The van der Waals surface area contributed by atoms with Crippen LogP contribution in [0.5, 0.6) is 5.75 Å². The van der Waals surface area contributed by atoms with Crippen LogP contribution in [0.1, 0.15) is 11.1 Å². The molecule has 0 aliphatic carbocycles. The van der Waals surface area contributed by atoms with Crippen LogP contribution < -0.4 is 4.74 Å². The monoisotopic (exact) mass is 366 g/mol. The molecule has 130 valence electrons. The second kappa shape index (κ2) is 6.22. The number of hydrogen-bond acceptors (Lipinski definition) is 2. The maximum atomic E-state index is 14.2. The number of benzene rings is 2. The van der Waals surface area contributed by atoms with Crippen LogP contribution in [0.25, 0.3) is 0 Å². The highest BCUT2D eigenvalue weighted by molar-refractivity contribution is 6.31. The van der Waals surface area contributed by atoms with Gasteiger partial charge in [0.1, 0.15) is 5.75 Å². The Morgan fingerprint density at radius 3 is 1.92 bits per heavy atom. The van der Waals surface area contributed by atoms with Crippen molar-refractivity contribution in [3.63, 3.8) is 0 Å². The Labute approximate surface area is 139 Å². The molecule has 0 aliphatic heterocycles. The minimum atomic E-state index is -6.00. The normalized spacial score (nSPS) is 15.0. The van der Waals surface area contributed by atoms with Gasteiger partial charge in [-0.05, 0) is 23.8 Å². The Bertz CT molecular complexity index is 715. The van der Waals surface area contributed by atoms with Gasteiger partial charge in [0.2, 0.25) is 0 Å². The lowest BCUT2D eigenvalue weighted by molar-refractivity contribution is -0.336. The molecule has 0 saturated heterocycles. The summed E-state index contributed by atoms with van der Waals surface area (Å²) in [5, 5.41) is 10.1. The van der Waals surface area contributed by atoms with Crippen LogP contribution in [0.3, 0.4) is 0 Å². The minimum Gasteiger partial charge on any atom is -0.497 e. The second-order valence-corrected chi connectivity index (χ2v) is 5.40. The molecule has 1 atom stereocenters. The van der Waals surface area contributed by atoms with Gasteiger partial charge in [-0.25, -0.2) is 0 Å². The zero-order valence-corrected chi connectivity index (χ0v) is 13.0. The summed E-state index contributed by atoms with van der Waals surface area (Å²) >= 11 is 5.79. The van der Waals surface area contributed by atoms with E-state index in [1.54, 1.807) is 0 Å². The Hall–Kier alpha value is -1.86.